The summed E-state index contributed by atoms with van der Waals surface area (Å²) in [7, 11) is -3.93. The molecule has 0 bridgehead atoms. The summed E-state index contributed by atoms with van der Waals surface area (Å²) in [5.74, 6) is -1.08. The van der Waals surface area contributed by atoms with E-state index in [0.29, 0.717) is 5.02 Å². The highest BCUT2D eigenvalue weighted by Gasteiger charge is 2.40. The van der Waals surface area contributed by atoms with Crippen molar-refractivity contribution in [3.8, 4) is 0 Å². The van der Waals surface area contributed by atoms with Crippen LogP contribution in [0.5, 0.6) is 0 Å². The van der Waals surface area contributed by atoms with Crippen molar-refractivity contribution < 1.29 is 22.8 Å². The third kappa shape index (κ3) is 6.15. The number of hydrogen-bond donors (Lipinski definition) is 1. The molecule has 1 aliphatic heterocycles. The number of halogens is 1. The third-order valence-corrected chi connectivity index (χ3v) is 9.14. The van der Waals surface area contributed by atoms with E-state index in [2.05, 4.69) is 5.32 Å². The zero-order chi connectivity index (χ0) is 26.6. The maximum atomic E-state index is 13.4. The number of carbonyl (C=O) groups excluding carboxylic acids is 3. The van der Waals surface area contributed by atoms with Gasteiger partial charge in [0.15, 0.2) is 0 Å². The third-order valence-electron chi connectivity index (χ3n) is 7.05. The van der Waals surface area contributed by atoms with Gasteiger partial charge in [-0.15, -0.1) is 0 Å². The minimum atomic E-state index is -3.93. The Morgan fingerprint density at radius 1 is 1.08 bits per heavy atom. The van der Waals surface area contributed by atoms with Crippen molar-refractivity contribution >= 4 is 39.3 Å². The second-order valence-electron chi connectivity index (χ2n) is 9.65. The van der Waals surface area contributed by atoms with Crippen LogP contribution in [0.15, 0.2) is 53.4 Å². The number of nitrogens with one attached hydrogen (secondary N) is 1. The van der Waals surface area contributed by atoms with Crippen molar-refractivity contribution in [1.29, 1.82) is 0 Å². The van der Waals surface area contributed by atoms with Gasteiger partial charge in [-0.25, -0.2) is 12.7 Å². The number of amides is 3. The van der Waals surface area contributed by atoms with E-state index in [1.807, 2.05) is 0 Å². The van der Waals surface area contributed by atoms with Gasteiger partial charge in [-0.1, -0.05) is 55.1 Å². The lowest BCUT2D eigenvalue weighted by Gasteiger charge is -2.31. The van der Waals surface area contributed by atoms with E-state index < -0.39 is 22.0 Å². The summed E-state index contributed by atoms with van der Waals surface area (Å²) in [6.45, 7) is 1.80. The summed E-state index contributed by atoms with van der Waals surface area (Å²) in [6, 6.07) is 12.6. The van der Waals surface area contributed by atoms with Crippen molar-refractivity contribution in [3.05, 3.63) is 64.7 Å². The average Bonchev–Trinajstić information content (AvgIpc) is 3.09. The van der Waals surface area contributed by atoms with Crippen LogP contribution in [0.4, 0.5) is 0 Å². The molecule has 0 saturated heterocycles. The number of nitrogens with zero attached hydrogens (tertiary/aromatic N) is 2. The second kappa shape index (κ2) is 11.6. The molecule has 4 rings (SSSR count). The molecule has 198 valence electrons. The number of fused-ring (bicyclic) bond motifs is 1. The van der Waals surface area contributed by atoms with Crippen molar-refractivity contribution in [2.75, 3.05) is 6.54 Å². The molecule has 10 heteroatoms. The van der Waals surface area contributed by atoms with E-state index in [1.165, 1.54) is 23.5 Å². The molecule has 1 aliphatic carbocycles. The van der Waals surface area contributed by atoms with Gasteiger partial charge in [0.05, 0.1) is 5.56 Å². The van der Waals surface area contributed by atoms with E-state index in [0.717, 1.165) is 35.6 Å². The molecule has 37 heavy (non-hydrogen) atoms. The fourth-order valence-corrected chi connectivity index (χ4v) is 6.64. The first-order chi connectivity index (χ1) is 17.7. The van der Waals surface area contributed by atoms with Gasteiger partial charge in [-0.05, 0) is 56.0 Å². The standard InChI is InChI=1S/C27H32ClN3O5S/c1-19(26(33)29-22-8-3-2-4-9-22)30(18-20-13-15-21(28)16-14-20)25(32)12-7-17-31-27(34)23-10-5-6-11-24(23)37(31,35)36/h5-6,10-11,13-16,19,22H,2-4,7-9,12,17-18H2,1H3,(H,29,33)/t19-/m1/s1. The molecule has 0 aromatic heterocycles. The van der Waals surface area contributed by atoms with Crippen molar-refractivity contribution in [3.63, 3.8) is 0 Å². The molecule has 0 spiro atoms. The van der Waals surface area contributed by atoms with Crippen LogP contribution in [0.25, 0.3) is 0 Å². The van der Waals surface area contributed by atoms with Crippen molar-refractivity contribution in [1.82, 2.24) is 14.5 Å². The molecule has 0 unspecified atom stereocenters. The molecule has 1 fully saturated rings. The molecule has 2 aromatic rings. The number of sulfonamides is 1. The molecular formula is C27H32ClN3O5S. The van der Waals surface area contributed by atoms with E-state index >= 15 is 0 Å². The van der Waals surface area contributed by atoms with E-state index in [1.54, 1.807) is 43.3 Å². The summed E-state index contributed by atoms with van der Waals surface area (Å²) >= 11 is 6.01. The maximum Gasteiger partial charge on any atom is 0.269 e. The van der Waals surface area contributed by atoms with E-state index in [4.69, 9.17) is 11.6 Å². The molecule has 8 nitrogen and oxygen atoms in total. The van der Waals surface area contributed by atoms with Crippen LogP contribution in [0.2, 0.25) is 5.02 Å². The topological polar surface area (TPSA) is 104 Å². The van der Waals surface area contributed by atoms with Gasteiger partial charge >= 0.3 is 0 Å². The molecule has 1 N–H and O–H groups in total. The Balaban J connectivity index is 1.43. The molecule has 2 aliphatic rings. The van der Waals surface area contributed by atoms with Gasteiger partial charge in [0.25, 0.3) is 15.9 Å². The molecule has 1 atom stereocenters. The van der Waals surface area contributed by atoms with Gasteiger partial charge in [0, 0.05) is 30.6 Å². The summed E-state index contributed by atoms with van der Waals surface area (Å²) in [5.41, 5.74) is 0.967. The van der Waals surface area contributed by atoms with Crippen molar-refractivity contribution in [2.24, 2.45) is 0 Å². The van der Waals surface area contributed by atoms with Gasteiger partial charge < -0.3 is 10.2 Å². The Hall–Kier alpha value is -2.91. The Morgan fingerprint density at radius 2 is 1.76 bits per heavy atom. The number of rotatable bonds is 9. The number of hydrogen-bond acceptors (Lipinski definition) is 5. The highest BCUT2D eigenvalue weighted by molar-refractivity contribution is 7.90. The number of carbonyl (C=O) groups is 3. The van der Waals surface area contributed by atoms with Crippen LogP contribution in [-0.2, 0) is 26.2 Å². The Labute approximate surface area is 223 Å². The largest absolute Gasteiger partial charge is 0.352 e. The lowest BCUT2D eigenvalue weighted by molar-refractivity contribution is -0.141. The zero-order valence-electron chi connectivity index (χ0n) is 20.9. The molecular weight excluding hydrogens is 514 g/mol. The molecule has 2 aromatic carbocycles. The van der Waals surface area contributed by atoms with Crippen LogP contribution in [0, 0.1) is 0 Å². The Morgan fingerprint density at radius 3 is 2.43 bits per heavy atom. The van der Waals surface area contributed by atoms with Gasteiger partial charge in [-0.2, -0.15) is 0 Å². The first kappa shape index (κ1) is 27.1. The highest BCUT2D eigenvalue weighted by atomic mass is 35.5. The Kier molecular flexibility index (Phi) is 8.54. The van der Waals surface area contributed by atoms with Crippen LogP contribution in [0.1, 0.15) is 67.8 Å². The molecule has 3 amide bonds. The fraction of sp³-hybridized carbons (Fsp3) is 0.444. The van der Waals surface area contributed by atoms with Gasteiger partial charge in [-0.3, -0.25) is 14.4 Å². The predicted molar refractivity (Wildman–Crippen MR) is 140 cm³/mol. The van der Waals surface area contributed by atoms with Gasteiger partial charge in [0.1, 0.15) is 10.9 Å². The fourth-order valence-electron chi connectivity index (χ4n) is 4.91. The predicted octanol–water partition coefficient (Wildman–Crippen LogP) is 4.13. The summed E-state index contributed by atoms with van der Waals surface area (Å²) in [6.07, 6.45) is 5.33. The molecule has 1 heterocycles. The minimum absolute atomic E-state index is 0.00964. The lowest BCUT2D eigenvalue weighted by Crippen LogP contribution is -2.50. The average molecular weight is 546 g/mol. The van der Waals surface area contributed by atoms with Crippen LogP contribution < -0.4 is 5.32 Å². The SMILES string of the molecule is C[C@H](C(=O)NC1CCCCC1)N(Cc1ccc(Cl)cc1)C(=O)CCCN1C(=O)c2ccccc2S1(=O)=O. The van der Waals surface area contributed by atoms with Crippen molar-refractivity contribution in [2.45, 2.75) is 75.4 Å². The first-order valence-electron chi connectivity index (χ1n) is 12.7. The summed E-state index contributed by atoms with van der Waals surface area (Å²) in [5, 5.41) is 3.66. The van der Waals surface area contributed by atoms with Crippen LogP contribution in [0.3, 0.4) is 0 Å². The smallest absolute Gasteiger partial charge is 0.269 e. The Bertz CT molecular complexity index is 1260. The quantitative estimate of drug-likeness (QED) is 0.510. The normalized spacial score (nSPS) is 17.8. The number of benzene rings is 2. The second-order valence-corrected chi connectivity index (χ2v) is 11.9. The summed E-state index contributed by atoms with van der Waals surface area (Å²) < 4.78 is 26.4. The van der Waals surface area contributed by atoms with Crippen LogP contribution in [-0.4, -0.2) is 54.0 Å². The molecule has 0 radical (unpaired) electrons. The summed E-state index contributed by atoms with van der Waals surface area (Å²) in [4.78, 5) is 40.6. The monoisotopic (exact) mass is 545 g/mol. The van der Waals surface area contributed by atoms with Crippen LogP contribution >= 0.6 is 11.6 Å². The lowest BCUT2D eigenvalue weighted by atomic mass is 9.95. The molecule has 1 saturated carbocycles. The maximum absolute atomic E-state index is 13.4. The minimum Gasteiger partial charge on any atom is -0.352 e. The highest BCUT2D eigenvalue weighted by Crippen LogP contribution is 2.30. The first-order valence-corrected chi connectivity index (χ1v) is 14.5. The van der Waals surface area contributed by atoms with E-state index in [9.17, 15) is 22.8 Å². The van der Waals surface area contributed by atoms with Gasteiger partial charge in [0.2, 0.25) is 11.8 Å². The van der Waals surface area contributed by atoms with E-state index in [-0.39, 0.29) is 54.2 Å². The zero-order valence-corrected chi connectivity index (χ0v) is 22.4.